The molecule has 0 saturated heterocycles. The van der Waals surface area contributed by atoms with Crippen molar-refractivity contribution in [2.75, 3.05) is 6.61 Å². The summed E-state index contributed by atoms with van der Waals surface area (Å²) < 4.78 is 5.52. The Morgan fingerprint density at radius 2 is 2.07 bits per heavy atom. The first-order valence-corrected chi connectivity index (χ1v) is 5.38. The monoisotopic (exact) mass is 206 g/mol. The molecular formula is C13H18O2. The Bertz CT molecular complexity index is 269. The minimum Gasteiger partial charge on any atom is -0.377 e. The molecule has 0 aliphatic carbocycles. The van der Waals surface area contributed by atoms with Gasteiger partial charge in [0.2, 0.25) is 0 Å². The Labute approximate surface area is 91.3 Å². The van der Waals surface area contributed by atoms with Crippen molar-refractivity contribution in [2.24, 2.45) is 5.92 Å². The van der Waals surface area contributed by atoms with Crippen molar-refractivity contribution in [2.45, 2.75) is 26.4 Å². The van der Waals surface area contributed by atoms with Crippen LogP contribution in [0.25, 0.3) is 0 Å². The van der Waals surface area contributed by atoms with Crippen LogP contribution in [0.3, 0.4) is 0 Å². The molecule has 1 atom stereocenters. The molecule has 0 aromatic heterocycles. The third kappa shape index (κ3) is 5.33. The molecular weight excluding hydrogens is 188 g/mol. The fraction of sp³-hybridized carbons (Fsp3) is 0.462. The van der Waals surface area contributed by atoms with E-state index in [9.17, 15) is 4.79 Å². The van der Waals surface area contributed by atoms with Crippen LogP contribution in [-0.2, 0) is 16.1 Å². The van der Waals surface area contributed by atoms with E-state index >= 15 is 0 Å². The second-order valence-corrected chi connectivity index (χ2v) is 3.83. The van der Waals surface area contributed by atoms with E-state index in [4.69, 9.17) is 4.74 Å². The van der Waals surface area contributed by atoms with Gasteiger partial charge >= 0.3 is 0 Å². The number of carbonyl (C=O) groups excluding carboxylic acids is 1. The van der Waals surface area contributed by atoms with Gasteiger partial charge in [0.15, 0.2) is 0 Å². The average Bonchev–Trinajstić information content (AvgIpc) is 2.26. The van der Waals surface area contributed by atoms with Gasteiger partial charge in [-0.3, -0.25) is 0 Å². The van der Waals surface area contributed by atoms with Gasteiger partial charge in [-0.15, -0.1) is 0 Å². The molecule has 0 radical (unpaired) electrons. The van der Waals surface area contributed by atoms with Gasteiger partial charge in [0, 0.05) is 13.0 Å². The van der Waals surface area contributed by atoms with E-state index in [2.05, 4.69) is 19.1 Å². The van der Waals surface area contributed by atoms with Crippen LogP contribution >= 0.6 is 0 Å². The zero-order valence-corrected chi connectivity index (χ0v) is 9.19. The van der Waals surface area contributed by atoms with Crippen LogP contribution < -0.4 is 0 Å². The normalized spacial score (nSPS) is 12.3. The van der Waals surface area contributed by atoms with E-state index < -0.39 is 0 Å². The van der Waals surface area contributed by atoms with E-state index in [1.165, 1.54) is 5.56 Å². The summed E-state index contributed by atoms with van der Waals surface area (Å²) in [7, 11) is 0. The summed E-state index contributed by atoms with van der Waals surface area (Å²) >= 11 is 0. The first-order valence-electron chi connectivity index (χ1n) is 5.38. The Hall–Kier alpha value is -1.15. The number of hydrogen-bond donors (Lipinski definition) is 0. The van der Waals surface area contributed by atoms with Gasteiger partial charge < -0.3 is 9.53 Å². The molecule has 1 aromatic carbocycles. The quantitative estimate of drug-likeness (QED) is 0.506. The first kappa shape index (κ1) is 11.9. The zero-order chi connectivity index (χ0) is 10.9. The van der Waals surface area contributed by atoms with E-state index in [0.717, 1.165) is 19.3 Å². The molecule has 2 nitrogen and oxygen atoms in total. The average molecular weight is 206 g/mol. The van der Waals surface area contributed by atoms with Gasteiger partial charge in [0.25, 0.3) is 0 Å². The molecule has 0 bridgehead atoms. The van der Waals surface area contributed by atoms with Crippen LogP contribution in [-0.4, -0.2) is 12.9 Å². The molecule has 15 heavy (non-hydrogen) atoms. The van der Waals surface area contributed by atoms with Gasteiger partial charge in [-0.05, 0) is 17.9 Å². The van der Waals surface area contributed by atoms with Crippen molar-refractivity contribution >= 4 is 6.29 Å². The summed E-state index contributed by atoms with van der Waals surface area (Å²) in [6, 6.07) is 10.1. The third-order valence-electron chi connectivity index (χ3n) is 2.37. The van der Waals surface area contributed by atoms with Crippen molar-refractivity contribution in [3.05, 3.63) is 35.9 Å². The molecule has 1 rings (SSSR count). The predicted octanol–water partition coefficient (Wildman–Crippen LogP) is 2.82. The molecule has 0 heterocycles. The van der Waals surface area contributed by atoms with Gasteiger partial charge in [0.1, 0.15) is 6.29 Å². The maximum atomic E-state index is 10.2. The highest BCUT2D eigenvalue weighted by Gasteiger charge is 2.00. The second-order valence-electron chi connectivity index (χ2n) is 3.83. The van der Waals surface area contributed by atoms with E-state index in [1.807, 2.05) is 18.2 Å². The smallest absolute Gasteiger partial charge is 0.120 e. The molecule has 0 aliphatic rings. The molecule has 1 aromatic rings. The third-order valence-corrected chi connectivity index (χ3v) is 2.37. The number of aldehydes is 1. The molecule has 0 amide bonds. The second kappa shape index (κ2) is 7.18. The molecule has 0 saturated carbocycles. The Morgan fingerprint density at radius 3 is 2.73 bits per heavy atom. The minimum atomic E-state index is 0.429. The summed E-state index contributed by atoms with van der Waals surface area (Å²) in [4.78, 5) is 10.2. The predicted molar refractivity (Wildman–Crippen MR) is 60.6 cm³/mol. The van der Waals surface area contributed by atoms with Crippen LogP contribution in [0.1, 0.15) is 25.3 Å². The standard InChI is InChI=1S/C13H18O2/c1-12(7-9-14)8-10-15-11-13-5-3-2-4-6-13/h2-6,9,12H,7-8,10-11H2,1H3/t12-/m1/s1. The number of rotatable bonds is 7. The molecule has 0 aliphatic heterocycles. The van der Waals surface area contributed by atoms with Crippen molar-refractivity contribution in [1.29, 1.82) is 0 Å². The van der Waals surface area contributed by atoms with Crippen molar-refractivity contribution in [1.82, 2.24) is 0 Å². The lowest BCUT2D eigenvalue weighted by molar-refractivity contribution is -0.108. The zero-order valence-electron chi connectivity index (χ0n) is 9.19. The van der Waals surface area contributed by atoms with E-state index in [0.29, 0.717) is 18.9 Å². The molecule has 2 heteroatoms. The van der Waals surface area contributed by atoms with Gasteiger partial charge in [-0.1, -0.05) is 37.3 Å². The highest BCUT2D eigenvalue weighted by Crippen LogP contribution is 2.07. The van der Waals surface area contributed by atoms with E-state index in [-0.39, 0.29) is 0 Å². The Kier molecular flexibility index (Phi) is 5.71. The highest BCUT2D eigenvalue weighted by molar-refractivity contribution is 5.49. The van der Waals surface area contributed by atoms with Crippen molar-refractivity contribution < 1.29 is 9.53 Å². The van der Waals surface area contributed by atoms with E-state index in [1.54, 1.807) is 0 Å². The maximum Gasteiger partial charge on any atom is 0.120 e. The lowest BCUT2D eigenvalue weighted by Crippen LogP contribution is -2.02. The minimum absolute atomic E-state index is 0.429. The molecule has 0 fully saturated rings. The number of benzene rings is 1. The fourth-order valence-corrected chi connectivity index (χ4v) is 1.33. The van der Waals surface area contributed by atoms with Gasteiger partial charge in [-0.25, -0.2) is 0 Å². The van der Waals surface area contributed by atoms with Crippen LogP contribution in [0.4, 0.5) is 0 Å². The summed E-state index contributed by atoms with van der Waals surface area (Å²) in [5, 5.41) is 0. The summed E-state index contributed by atoms with van der Waals surface area (Å²) in [5.74, 6) is 0.429. The lowest BCUT2D eigenvalue weighted by Gasteiger charge is -2.08. The molecule has 0 N–H and O–H groups in total. The first-order chi connectivity index (χ1) is 7.33. The number of carbonyl (C=O) groups is 1. The Morgan fingerprint density at radius 1 is 1.33 bits per heavy atom. The topological polar surface area (TPSA) is 26.3 Å². The van der Waals surface area contributed by atoms with Crippen LogP contribution in [0.15, 0.2) is 30.3 Å². The summed E-state index contributed by atoms with van der Waals surface area (Å²) in [6.07, 6.45) is 2.56. The Balaban J connectivity index is 2.09. The molecule has 0 unspecified atom stereocenters. The van der Waals surface area contributed by atoms with Crippen molar-refractivity contribution in [3.63, 3.8) is 0 Å². The number of ether oxygens (including phenoxy) is 1. The molecule has 82 valence electrons. The van der Waals surface area contributed by atoms with Crippen LogP contribution in [0.2, 0.25) is 0 Å². The van der Waals surface area contributed by atoms with Gasteiger partial charge in [0.05, 0.1) is 6.61 Å². The van der Waals surface area contributed by atoms with Crippen molar-refractivity contribution in [3.8, 4) is 0 Å². The SMILES string of the molecule is C[C@H](CC=O)CCOCc1ccccc1. The largest absolute Gasteiger partial charge is 0.377 e. The molecule has 0 spiro atoms. The van der Waals surface area contributed by atoms with Gasteiger partial charge in [-0.2, -0.15) is 0 Å². The summed E-state index contributed by atoms with van der Waals surface area (Å²) in [6.45, 7) is 3.46. The van der Waals surface area contributed by atoms with Crippen LogP contribution in [0.5, 0.6) is 0 Å². The summed E-state index contributed by atoms with van der Waals surface area (Å²) in [5.41, 5.74) is 1.19. The van der Waals surface area contributed by atoms with Crippen LogP contribution in [0, 0.1) is 5.92 Å². The number of hydrogen-bond acceptors (Lipinski definition) is 2. The maximum absolute atomic E-state index is 10.2. The lowest BCUT2D eigenvalue weighted by atomic mass is 10.1. The fourth-order valence-electron chi connectivity index (χ4n) is 1.33. The highest BCUT2D eigenvalue weighted by atomic mass is 16.5.